The number of amides is 2. The van der Waals surface area contributed by atoms with E-state index >= 15 is 0 Å². The van der Waals surface area contributed by atoms with Crippen LogP contribution in [0.3, 0.4) is 0 Å². The average molecular weight is 270 g/mol. The molecule has 0 aliphatic heterocycles. The first kappa shape index (κ1) is 17.9. The van der Waals surface area contributed by atoms with Gasteiger partial charge in [0.05, 0.1) is 0 Å². The van der Waals surface area contributed by atoms with Gasteiger partial charge in [0, 0.05) is 12.8 Å². The molecule has 0 fully saturated rings. The largest absolute Gasteiger partial charge is 0.273 e. The Balaban J connectivity index is 3.38. The maximum Gasteiger partial charge on any atom is 0.238 e. The van der Waals surface area contributed by atoms with E-state index in [9.17, 15) is 9.59 Å². The molecule has 112 valence electrons. The van der Waals surface area contributed by atoms with Gasteiger partial charge in [0.25, 0.3) is 0 Å². The summed E-state index contributed by atoms with van der Waals surface area (Å²) in [7, 11) is 0. The third kappa shape index (κ3) is 13.2. The molecule has 0 aromatic rings. The van der Waals surface area contributed by atoms with Gasteiger partial charge in [-0.15, -0.1) is 0 Å². The molecule has 0 atom stereocenters. The zero-order valence-electron chi connectivity index (χ0n) is 12.6. The minimum atomic E-state index is -0.0876. The molecule has 0 saturated heterocycles. The molecule has 0 spiro atoms. The van der Waals surface area contributed by atoms with Crippen LogP contribution in [0.25, 0.3) is 0 Å². The summed E-state index contributed by atoms with van der Waals surface area (Å²) in [6.07, 6.45) is 10.9. The predicted molar refractivity (Wildman–Crippen MR) is 78.4 cm³/mol. The van der Waals surface area contributed by atoms with Crippen molar-refractivity contribution in [2.45, 2.75) is 84.5 Å². The Labute approximate surface area is 117 Å². The lowest BCUT2D eigenvalue weighted by atomic mass is 10.1. The number of hydrogen-bond donors (Lipinski definition) is 2. The van der Waals surface area contributed by atoms with E-state index in [2.05, 4.69) is 24.7 Å². The second kappa shape index (κ2) is 13.4. The third-order valence-corrected chi connectivity index (χ3v) is 3.11. The monoisotopic (exact) mass is 270 g/mol. The van der Waals surface area contributed by atoms with E-state index in [-0.39, 0.29) is 11.8 Å². The third-order valence-electron chi connectivity index (χ3n) is 3.11. The Morgan fingerprint density at radius 2 is 1.00 bits per heavy atom. The van der Waals surface area contributed by atoms with Gasteiger partial charge in [0.2, 0.25) is 11.8 Å². The van der Waals surface area contributed by atoms with Crippen LogP contribution in [-0.4, -0.2) is 11.8 Å². The van der Waals surface area contributed by atoms with Gasteiger partial charge in [-0.3, -0.25) is 20.4 Å². The van der Waals surface area contributed by atoms with Crippen molar-refractivity contribution in [1.82, 2.24) is 10.9 Å². The highest BCUT2D eigenvalue weighted by Crippen LogP contribution is 2.04. The highest BCUT2D eigenvalue weighted by atomic mass is 16.2. The van der Waals surface area contributed by atoms with E-state index < -0.39 is 0 Å². The highest BCUT2D eigenvalue weighted by Gasteiger charge is 2.04. The second-order valence-electron chi connectivity index (χ2n) is 5.07. The summed E-state index contributed by atoms with van der Waals surface area (Å²) >= 11 is 0. The molecule has 0 rings (SSSR count). The minimum absolute atomic E-state index is 0.0848. The second-order valence-corrected chi connectivity index (χ2v) is 5.07. The molecule has 0 bridgehead atoms. The molecular weight excluding hydrogens is 240 g/mol. The fourth-order valence-electron chi connectivity index (χ4n) is 1.87. The van der Waals surface area contributed by atoms with Crippen molar-refractivity contribution in [3.05, 3.63) is 0 Å². The van der Waals surface area contributed by atoms with Crippen molar-refractivity contribution in [3.8, 4) is 0 Å². The van der Waals surface area contributed by atoms with E-state index in [1.807, 2.05) is 0 Å². The first-order valence-corrected chi connectivity index (χ1v) is 7.78. The van der Waals surface area contributed by atoms with Crippen molar-refractivity contribution >= 4 is 11.8 Å². The Morgan fingerprint density at radius 1 is 0.632 bits per heavy atom. The van der Waals surface area contributed by atoms with Crippen LogP contribution in [0.1, 0.15) is 84.5 Å². The summed E-state index contributed by atoms with van der Waals surface area (Å²) in [4.78, 5) is 22.8. The molecule has 0 aliphatic rings. The molecule has 0 aromatic carbocycles. The van der Waals surface area contributed by atoms with Crippen LogP contribution in [0.15, 0.2) is 0 Å². The van der Waals surface area contributed by atoms with Gasteiger partial charge in [0.15, 0.2) is 0 Å². The number of carbonyl (C=O) groups is 2. The molecular formula is C15H30N2O2. The summed E-state index contributed by atoms with van der Waals surface area (Å²) in [5, 5.41) is 0. The molecule has 4 nitrogen and oxygen atoms in total. The molecule has 0 unspecified atom stereocenters. The van der Waals surface area contributed by atoms with E-state index in [4.69, 9.17) is 0 Å². The van der Waals surface area contributed by atoms with Crippen molar-refractivity contribution < 1.29 is 9.59 Å². The quantitative estimate of drug-likeness (QED) is 0.446. The van der Waals surface area contributed by atoms with Crippen LogP contribution in [-0.2, 0) is 9.59 Å². The summed E-state index contributed by atoms with van der Waals surface area (Å²) in [5.74, 6) is -0.172. The van der Waals surface area contributed by atoms with E-state index in [1.54, 1.807) is 0 Å². The standard InChI is InChI=1S/C15H30N2O2/c1-3-5-7-9-11-13-15(19)17-16-14(18)12-10-8-6-4-2/h3-13H2,1-2H3,(H,16,18)(H,17,19). The molecule has 4 heteroatoms. The van der Waals surface area contributed by atoms with Crippen molar-refractivity contribution in [2.24, 2.45) is 0 Å². The van der Waals surface area contributed by atoms with Crippen LogP contribution in [0.4, 0.5) is 0 Å². The molecule has 0 saturated carbocycles. The van der Waals surface area contributed by atoms with E-state index in [0.29, 0.717) is 12.8 Å². The van der Waals surface area contributed by atoms with Crippen molar-refractivity contribution in [2.75, 3.05) is 0 Å². The van der Waals surface area contributed by atoms with Crippen LogP contribution in [0, 0.1) is 0 Å². The Morgan fingerprint density at radius 3 is 1.42 bits per heavy atom. The molecule has 0 aromatic heterocycles. The van der Waals surface area contributed by atoms with Crippen LogP contribution in [0.5, 0.6) is 0 Å². The first-order chi connectivity index (χ1) is 9.20. The Hall–Kier alpha value is -1.06. The maximum atomic E-state index is 11.4. The number of hydrogen-bond acceptors (Lipinski definition) is 2. The lowest BCUT2D eigenvalue weighted by molar-refractivity contribution is -0.129. The van der Waals surface area contributed by atoms with Gasteiger partial charge in [-0.25, -0.2) is 0 Å². The molecule has 19 heavy (non-hydrogen) atoms. The van der Waals surface area contributed by atoms with Gasteiger partial charge in [0.1, 0.15) is 0 Å². The van der Waals surface area contributed by atoms with Crippen LogP contribution in [0.2, 0.25) is 0 Å². The summed E-state index contributed by atoms with van der Waals surface area (Å²) in [6.45, 7) is 4.31. The SMILES string of the molecule is CCCCCCCC(=O)NNC(=O)CCCCCC. The van der Waals surface area contributed by atoms with Gasteiger partial charge in [-0.1, -0.05) is 58.8 Å². The Bertz CT molecular complexity index is 242. The molecule has 0 heterocycles. The number of rotatable bonds is 11. The number of carbonyl (C=O) groups excluding carboxylic acids is 2. The highest BCUT2D eigenvalue weighted by molar-refractivity contribution is 5.81. The zero-order valence-corrected chi connectivity index (χ0v) is 12.6. The average Bonchev–Trinajstić information content (AvgIpc) is 2.41. The molecule has 2 amide bonds. The molecule has 0 aliphatic carbocycles. The Kier molecular flexibility index (Phi) is 12.6. The number of unbranched alkanes of at least 4 members (excludes halogenated alkanes) is 7. The van der Waals surface area contributed by atoms with E-state index in [0.717, 1.165) is 38.5 Å². The van der Waals surface area contributed by atoms with Crippen molar-refractivity contribution in [3.63, 3.8) is 0 Å². The summed E-state index contributed by atoms with van der Waals surface area (Å²) in [6, 6.07) is 0. The van der Waals surface area contributed by atoms with E-state index in [1.165, 1.54) is 19.3 Å². The lowest BCUT2D eigenvalue weighted by Gasteiger charge is -2.07. The first-order valence-electron chi connectivity index (χ1n) is 7.78. The van der Waals surface area contributed by atoms with Gasteiger partial charge < -0.3 is 0 Å². The summed E-state index contributed by atoms with van der Waals surface area (Å²) < 4.78 is 0. The number of hydrazine groups is 1. The lowest BCUT2D eigenvalue weighted by Crippen LogP contribution is -2.41. The molecule has 0 radical (unpaired) electrons. The number of nitrogens with one attached hydrogen (secondary N) is 2. The zero-order chi connectivity index (χ0) is 14.3. The van der Waals surface area contributed by atoms with Gasteiger partial charge >= 0.3 is 0 Å². The smallest absolute Gasteiger partial charge is 0.238 e. The minimum Gasteiger partial charge on any atom is -0.273 e. The normalized spacial score (nSPS) is 10.2. The summed E-state index contributed by atoms with van der Waals surface area (Å²) in [5.41, 5.74) is 4.95. The van der Waals surface area contributed by atoms with Gasteiger partial charge in [-0.05, 0) is 12.8 Å². The van der Waals surface area contributed by atoms with Crippen LogP contribution >= 0.6 is 0 Å². The topological polar surface area (TPSA) is 58.2 Å². The maximum absolute atomic E-state index is 11.4. The van der Waals surface area contributed by atoms with Crippen LogP contribution < -0.4 is 10.9 Å². The fraction of sp³-hybridized carbons (Fsp3) is 0.867. The molecule has 2 N–H and O–H groups in total. The van der Waals surface area contributed by atoms with Crippen molar-refractivity contribution in [1.29, 1.82) is 0 Å². The predicted octanol–water partition coefficient (Wildman–Crippen LogP) is 3.46. The van der Waals surface area contributed by atoms with Gasteiger partial charge in [-0.2, -0.15) is 0 Å². The fourth-order valence-corrected chi connectivity index (χ4v) is 1.87.